The molecule has 1 atom stereocenters. The van der Waals surface area contributed by atoms with Crippen LogP contribution in [0.3, 0.4) is 0 Å². The van der Waals surface area contributed by atoms with Crippen molar-refractivity contribution in [2.24, 2.45) is 0 Å². The highest BCUT2D eigenvalue weighted by atomic mass is 16.2. The Kier molecular flexibility index (Phi) is 4.27. The number of amides is 1. The summed E-state index contributed by atoms with van der Waals surface area (Å²) in [5.41, 5.74) is 0.613. The quantitative estimate of drug-likeness (QED) is 0.794. The summed E-state index contributed by atoms with van der Waals surface area (Å²) in [4.78, 5) is 18.9. The molecule has 3 heterocycles. The molecule has 1 amide bonds. The van der Waals surface area contributed by atoms with E-state index in [1.54, 1.807) is 35.6 Å². The fraction of sp³-hybridized carbons (Fsp3) is 0.375. The van der Waals surface area contributed by atoms with Crippen LogP contribution >= 0.6 is 0 Å². The summed E-state index contributed by atoms with van der Waals surface area (Å²) in [5.74, 6) is 0.734. The van der Waals surface area contributed by atoms with Crippen LogP contribution in [0.1, 0.15) is 36.5 Å². The number of carbonyl (C=O) groups excluding carboxylic acids is 1. The summed E-state index contributed by atoms with van der Waals surface area (Å²) in [6.45, 7) is 2.85. The molecule has 1 aliphatic heterocycles. The van der Waals surface area contributed by atoms with E-state index in [-0.39, 0.29) is 11.9 Å². The third kappa shape index (κ3) is 2.90. The Balaban J connectivity index is 1.72. The molecular formula is C16H19N5O. The molecule has 3 rings (SSSR count). The van der Waals surface area contributed by atoms with Gasteiger partial charge >= 0.3 is 0 Å². The Bertz CT molecular complexity index is 648. The number of aromatic nitrogens is 4. The van der Waals surface area contributed by atoms with Gasteiger partial charge in [-0.25, -0.2) is 4.98 Å². The topological polar surface area (TPSA) is 63.9 Å². The minimum absolute atomic E-state index is 0.0360. The van der Waals surface area contributed by atoms with E-state index in [1.807, 2.05) is 4.90 Å². The summed E-state index contributed by atoms with van der Waals surface area (Å²) < 4.78 is 1.70. The van der Waals surface area contributed by atoms with E-state index in [0.717, 1.165) is 19.3 Å². The average Bonchev–Trinajstić information content (AvgIpc) is 3.24. The first-order valence-electron chi connectivity index (χ1n) is 7.58. The number of carbonyl (C=O) groups is 1. The average molecular weight is 297 g/mol. The standard InChI is InChI=1S/C16H19N5O/c1-2-3-5-14-6-4-9-21(14)16(22)13-7-8-15(17-10-13)20-11-18-19-12-20/h4,6-8,10-12,14H,2-3,5,9H2,1H3. The number of rotatable bonds is 5. The normalized spacial score (nSPS) is 17.1. The maximum absolute atomic E-state index is 12.6. The molecule has 6 nitrogen and oxygen atoms in total. The predicted octanol–water partition coefficient (Wildman–Crippen LogP) is 2.23. The van der Waals surface area contributed by atoms with Crippen molar-refractivity contribution in [1.29, 1.82) is 0 Å². The van der Waals surface area contributed by atoms with E-state index in [9.17, 15) is 4.79 Å². The summed E-state index contributed by atoms with van der Waals surface area (Å²) >= 11 is 0. The van der Waals surface area contributed by atoms with Gasteiger partial charge in [-0.2, -0.15) is 0 Å². The van der Waals surface area contributed by atoms with Crippen molar-refractivity contribution in [3.63, 3.8) is 0 Å². The van der Waals surface area contributed by atoms with Crippen LogP contribution in [0.25, 0.3) is 5.82 Å². The largest absolute Gasteiger partial charge is 0.328 e. The minimum atomic E-state index is 0.0360. The number of pyridine rings is 1. The van der Waals surface area contributed by atoms with Crippen LogP contribution in [0.5, 0.6) is 0 Å². The SMILES string of the molecule is CCCCC1C=CCN1C(=O)c1ccc(-n2cnnc2)nc1. The molecule has 114 valence electrons. The van der Waals surface area contributed by atoms with Gasteiger partial charge in [0.25, 0.3) is 5.91 Å². The third-order valence-electron chi connectivity index (χ3n) is 3.85. The van der Waals surface area contributed by atoms with E-state index in [1.165, 1.54) is 0 Å². The van der Waals surface area contributed by atoms with E-state index < -0.39 is 0 Å². The van der Waals surface area contributed by atoms with Crippen molar-refractivity contribution < 1.29 is 4.79 Å². The molecule has 0 saturated carbocycles. The molecule has 0 N–H and O–H groups in total. The van der Waals surface area contributed by atoms with E-state index in [0.29, 0.717) is 17.9 Å². The highest BCUT2D eigenvalue weighted by molar-refractivity contribution is 5.94. The van der Waals surface area contributed by atoms with Crippen LogP contribution in [-0.2, 0) is 0 Å². The van der Waals surface area contributed by atoms with Crippen molar-refractivity contribution in [3.8, 4) is 5.82 Å². The van der Waals surface area contributed by atoms with Crippen LogP contribution < -0.4 is 0 Å². The van der Waals surface area contributed by atoms with Crippen LogP contribution in [0.4, 0.5) is 0 Å². The summed E-state index contributed by atoms with van der Waals surface area (Å²) in [6, 6.07) is 3.83. The van der Waals surface area contributed by atoms with Crippen molar-refractivity contribution >= 4 is 5.91 Å². The minimum Gasteiger partial charge on any atom is -0.328 e. The van der Waals surface area contributed by atoms with Gasteiger partial charge in [0, 0.05) is 12.7 Å². The molecule has 22 heavy (non-hydrogen) atoms. The van der Waals surface area contributed by atoms with Gasteiger partial charge in [0.15, 0.2) is 0 Å². The Labute approximate surface area is 129 Å². The van der Waals surface area contributed by atoms with Gasteiger partial charge in [-0.15, -0.1) is 10.2 Å². The van der Waals surface area contributed by atoms with E-state index >= 15 is 0 Å². The van der Waals surface area contributed by atoms with Gasteiger partial charge in [0.05, 0.1) is 11.6 Å². The van der Waals surface area contributed by atoms with Crippen LogP contribution in [-0.4, -0.2) is 43.1 Å². The molecule has 1 unspecified atom stereocenters. The first kappa shape index (κ1) is 14.4. The number of unbranched alkanes of at least 4 members (excludes halogenated alkanes) is 1. The smallest absolute Gasteiger partial charge is 0.256 e. The number of nitrogens with zero attached hydrogens (tertiary/aromatic N) is 5. The molecule has 0 aromatic carbocycles. The maximum Gasteiger partial charge on any atom is 0.256 e. The first-order chi connectivity index (χ1) is 10.8. The maximum atomic E-state index is 12.6. The summed E-state index contributed by atoms with van der Waals surface area (Å²) in [6.07, 6.45) is 12.3. The van der Waals surface area contributed by atoms with Crippen molar-refractivity contribution in [2.75, 3.05) is 6.54 Å². The third-order valence-corrected chi connectivity index (χ3v) is 3.85. The molecule has 0 radical (unpaired) electrons. The molecule has 0 fully saturated rings. The predicted molar refractivity (Wildman–Crippen MR) is 82.6 cm³/mol. The fourth-order valence-corrected chi connectivity index (χ4v) is 2.62. The molecule has 2 aromatic heterocycles. The Morgan fingerprint density at radius 1 is 1.32 bits per heavy atom. The lowest BCUT2D eigenvalue weighted by molar-refractivity contribution is 0.0743. The first-order valence-corrected chi connectivity index (χ1v) is 7.58. The lowest BCUT2D eigenvalue weighted by Gasteiger charge is -2.24. The molecule has 1 aliphatic rings. The van der Waals surface area contributed by atoms with Crippen molar-refractivity contribution in [2.45, 2.75) is 32.2 Å². The number of hydrogen-bond donors (Lipinski definition) is 0. The zero-order valence-corrected chi connectivity index (χ0v) is 12.6. The second kappa shape index (κ2) is 6.51. The Morgan fingerprint density at radius 3 is 2.82 bits per heavy atom. The van der Waals surface area contributed by atoms with Crippen molar-refractivity contribution in [1.82, 2.24) is 24.6 Å². The van der Waals surface area contributed by atoms with Crippen LogP contribution in [0, 0.1) is 0 Å². The van der Waals surface area contributed by atoms with Gasteiger partial charge in [-0.05, 0) is 18.6 Å². The van der Waals surface area contributed by atoms with Gasteiger partial charge in [0.1, 0.15) is 18.5 Å². The van der Waals surface area contributed by atoms with Crippen molar-refractivity contribution in [3.05, 3.63) is 48.7 Å². The second-order valence-electron chi connectivity index (χ2n) is 5.37. The van der Waals surface area contributed by atoms with Crippen LogP contribution in [0.2, 0.25) is 0 Å². The summed E-state index contributed by atoms with van der Waals surface area (Å²) in [5, 5.41) is 7.49. The molecule has 0 spiro atoms. The highest BCUT2D eigenvalue weighted by Gasteiger charge is 2.25. The zero-order valence-electron chi connectivity index (χ0n) is 12.6. The lowest BCUT2D eigenvalue weighted by atomic mass is 10.1. The van der Waals surface area contributed by atoms with Gasteiger partial charge in [-0.1, -0.05) is 31.9 Å². The van der Waals surface area contributed by atoms with Crippen LogP contribution in [0.15, 0.2) is 43.1 Å². The molecule has 2 aromatic rings. The van der Waals surface area contributed by atoms with E-state index in [2.05, 4.69) is 34.3 Å². The Morgan fingerprint density at radius 2 is 2.14 bits per heavy atom. The fourth-order valence-electron chi connectivity index (χ4n) is 2.62. The monoisotopic (exact) mass is 297 g/mol. The Hall–Kier alpha value is -2.50. The lowest BCUT2D eigenvalue weighted by Crippen LogP contribution is -2.36. The molecule has 0 bridgehead atoms. The second-order valence-corrected chi connectivity index (χ2v) is 5.37. The van der Waals surface area contributed by atoms with Gasteiger partial charge in [0.2, 0.25) is 0 Å². The van der Waals surface area contributed by atoms with Gasteiger partial charge in [-0.3, -0.25) is 9.36 Å². The molecule has 6 heteroatoms. The number of hydrogen-bond acceptors (Lipinski definition) is 4. The van der Waals surface area contributed by atoms with Gasteiger partial charge < -0.3 is 4.90 Å². The van der Waals surface area contributed by atoms with E-state index in [4.69, 9.17) is 0 Å². The molecular weight excluding hydrogens is 278 g/mol. The highest BCUT2D eigenvalue weighted by Crippen LogP contribution is 2.19. The molecule has 0 saturated heterocycles. The summed E-state index contributed by atoms with van der Waals surface area (Å²) in [7, 11) is 0. The zero-order chi connectivity index (χ0) is 15.4. The molecule has 0 aliphatic carbocycles.